The van der Waals surface area contributed by atoms with Crippen LogP contribution in [0.4, 0.5) is 5.69 Å². The van der Waals surface area contributed by atoms with Gasteiger partial charge in [0.25, 0.3) is 0 Å². The fourth-order valence-corrected chi connectivity index (χ4v) is 5.17. The number of aromatic nitrogens is 7. The fourth-order valence-electron chi connectivity index (χ4n) is 4.27. The maximum absolute atomic E-state index is 11.8. The third-order valence-corrected chi connectivity index (χ3v) is 7.36. The Bertz CT molecular complexity index is 1870. The highest BCUT2D eigenvalue weighted by Gasteiger charge is 2.19. The third-order valence-electron chi connectivity index (χ3n) is 6.17. The number of fused-ring (bicyclic) bond motifs is 2. The molecule has 11 heteroatoms. The third kappa shape index (κ3) is 4.12. The van der Waals surface area contributed by atoms with Gasteiger partial charge in [0.2, 0.25) is 5.91 Å². The normalized spacial score (nSPS) is 11.3. The van der Waals surface area contributed by atoms with Crippen LogP contribution in [-0.4, -0.2) is 46.4 Å². The van der Waals surface area contributed by atoms with Gasteiger partial charge in [-0.1, -0.05) is 6.92 Å². The maximum atomic E-state index is 11.8. The van der Waals surface area contributed by atoms with Crippen LogP contribution < -0.4 is 5.32 Å². The molecule has 1 amide bonds. The van der Waals surface area contributed by atoms with Gasteiger partial charge in [0, 0.05) is 43.2 Å². The van der Waals surface area contributed by atoms with Crippen LogP contribution in [0.2, 0.25) is 0 Å². The summed E-state index contributed by atoms with van der Waals surface area (Å²) in [5, 5.41) is 8.37. The number of Topliss-reactive ketones (excluding diaryl/α,β-unsaturated/α-hetero) is 1. The van der Waals surface area contributed by atoms with Gasteiger partial charge in [0.1, 0.15) is 16.9 Å². The van der Waals surface area contributed by atoms with Crippen LogP contribution in [-0.2, 0) is 11.8 Å². The molecule has 0 atom stereocenters. The lowest BCUT2D eigenvalue weighted by molar-refractivity contribution is -0.115. The molecule has 10 nitrogen and oxygen atoms in total. The topological polar surface area (TPSA) is 131 Å². The smallest absolute Gasteiger partial charge is 0.224 e. The molecular formula is C27H22N8O2S. The molecule has 6 rings (SSSR count). The molecule has 0 aliphatic heterocycles. The number of rotatable bonds is 6. The summed E-state index contributed by atoms with van der Waals surface area (Å²) in [6, 6.07) is 9.44. The minimum Gasteiger partial charge on any atom is -0.336 e. The molecule has 0 saturated carbocycles. The molecule has 0 bridgehead atoms. The molecule has 0 aliphatic rings. The predicted octanol–water partition coefficient (Wildman–Crippen LogP) is 5.25. The molecule has 0 aliphatic carbocycles. The summed E-state index contributed by atoms with van der Waals surface area (Å²) in [4.78, 5) is 46.9. The number of aryl methyl sites for hydroxylation is 1. The molecule has 6 aromatic heterocycles. The molecule has 0 aromatic carbocycles. The van der Waals surface area contributed by atoms with E-state index < -0.39 is 0 Å². The number of nitrogens with one attached hydrogen (secondary N) is 2. The van der Waals surface area contributed by atoms with Crippen molar-refractivity contribution in [3.63, 3.8) is 0 Å². The molecule has 0 unspecified atom stereocenters. The van der Waals surface area contributed by atoms with Crippen LogP contribution >= 0.6 is 11.3 Å². The summed E-state index contributed by atoms with van der Waals surface area (Å²) in [6.07, 6.45) is 7.22. The predicted molar refractivity (Wildman–Crippen MR) is 147 cm³/mol. The average Bonchev–Trinajstić information content (AvgIpc) is 3.65. The Hall–Kier alpha value is -4.77. The van der Waals surface area contributed by atoms with Gasteiger partial charge in [-0.2, -0.15) is 5.10 Å². The van der Waals surface area contributed by atoms with Crippen molar-refractivity contribution in [3.05, 3.63) is 60.0 Å². The molecule has 0 saturated heterocycles. The molecule has 188 valence electrons. The van der Waals surface area contributed by atoms with Crippen molar-refractivity contribution in [1.29, 1.82) is 0 Å². The van der Waals surface area contributed by atoms with Gasteiger partial charge >= 0.3 is 0 Å². The van der Waals surface area contributed by atoms with E-state index in [1.807, 2.05) is 37.4 Å². The van der Waals surface area contributed by atoms with Gasteiger partial charge < -0.3 is 10.3 Å². The van der Waals surface area contributed by atoms with Crippen molar-refractivity contribution in [2.75, 3.05) is 5.32 Å². The zero-order chi connectivity index (χ0) is 26.4. The van der Waals surface area contributed by atoms with E-state index in [0.29, 0.717) is 45.4 Å². The number of pyridine rings is 3. The summed E-state index contributed by atoms with van der Waals surface area (Å²) in [6.45, 7) is 3.35. The van der Waals surface area contributed by atoms with Crippen molar-refractivity contribution in [2.45, 2.75) is 20.3 Å². The Morgan fingerprint density at radius 1 is 1.05 bits per heavy atom. The number of thiophene rings is 1. The molecule has 0 spiro atoms. The largest absolute Gasteiger partial charge is 0.336 e. The van der Waals surface area contributed by atoms with Crippen molar-refractivity contribution < 1.29 is 9.59 Å². The van der Waals surface area contributed by atoms with Crippen LogP contribution in [0.25, 0.3) is 55.3 Å². The quantitative estimate of drug-likeness (QED) is 0.286. The summed E-state index contributed by atoms with van der Waals surface area (Å²) >= 11 is 1.40. The zero-order valence-electron chi connectivity index (χ0n) is 20.8. The highest BCUT2D eigenvalue weighted by Crippen LogP contribution is 2.34. The molecule has 6 heterocycles. The van der Waals surface area contributed by atoms with Gasteiger partial charge in [-0.05, 0) is 37.3 Å². The van der Waals surface area contributed by atoms with E-state index in [1.165, 1.54) is 11.3 Å². The van der Waals surface area contributed by atoms with Crippen LogP contribution in [0.5, 0.6) is 0 Å². The van der Waals surface area contributed by atoms with E-state index in [0.717, 1.165) is 26.9 Å². The molecule has 2 N–H and O–H groups in total. The number of ketones is 1. The van der Waals surface area contributed by atoms with Crippen molar-refractivity contribution in [1.82, 2.24) is 34.7 Å². The Balaban J connectivity index is 1.45. The lowest BCUT2D eigenvalue weighted by Crippen LogP contribution is -2.09. The number of hydrogen-bond acceptors (Lipinski definition) is 8. The van der Waals surface area contributed by atoms with Crippen molar-refractivity contribution >= 4 is 50.8 Å². The Kier molecular flexibility index (Phi) is 5.76. The first-order chi connectivity index (χ1) is 18.4. The number of aromatic amines is 1. The molecule has 0 radical (unpaired) electrons. The van der Waals surface area contributed by atoms with E-state index in [9.17, 15) is 9.59 Å². The summed E-state index contributed by atoms with van der Waals surface area (Å²) in [7, 11) is 1.84. The minimum atomic E-state index is -0.0779. The van der Waals surface area contributed by atoms with Crippen LogP contribution in [0.15, 0.2) is 55.1 Å². The molecule has 38 heavy (non-hydrogen) atoms. The molecular weight excluding hydrogens is 500 g/mol. The Labute approximate surface area is 220 Å². The van der Waals surface area contributed by atoms with Gasteiger partial charge in [-0.3, -0.25) is 19.6 Å². The molecule has 6 aromatic rings. The number of nitrogens with zero attached hydrogens (tertiary/aromatic N) is 6. The number of carbonyl (C=O) groups excluding carboxylic acids is 2. The van der Waals surface area contributed by atoms with Gasteiger partial charge in [0.15, 0.2) is 17.3 Å². The van der Waals surface area contributed by atoms with Crippen LogP contribution in [0.3, 0.4) is 0 Å². The standard InChI is InChI=1S/C27H22N8O2S/c1-4-22(37)31-17-9-15(11-28-13-17)16-10-18-23(34-35(3)27(18)30-12-16)26-32-19-7-8-29-25(24(19)33-26)21-6-5-20(38-21)14(2)36/h5-13H,4H2,1-3H3,(H,31,37)(H,32,33). The lowest BCUT2D eigenvalue weighted by atomic mass is 10.1. The second-order valence-corrected chi connectivity index (χ2v) is 9.88. The number of imidazole rings is 1. The number of hydrogen-bond donors (Lipinski definition) is 2. The summed E-state index contributed by atoms with van der Waals surface area (Å²) in [5.41, 5.74) is 5.85. The molecule has 0 fully saturated rings. The van der Waals surface area contributed by atoms with E-state index in [-0.39, 0.29) is 11.7 Å². The number of amides is 1. The van der Waals surface area contributed by atoms with Crippen LogP contribution in [0.1, 0.15) is 29.9 Å². The van der Waals surface area contributed by atoms with Crippen LogP contribution in [0, 0.1) is 0 Å². The zero-order valence-corrected chi connectivity index (χ0v) is 21.6. The van der Waals surface area contributed by atoms with E-state index in [1.54, 1.807) is 43.3 Å². The second kappa shape index (κ2) is 9.27. The second-order valence-electron chi connectivity index (χ2n) is 8.79. The monoisotopic (exact) mass is 522 g/mol. The SMILES string of the molecule is CCC(=O)Nc1cncc(-c2cnc3c(c2)c(-c2nc4c(-c5ccc(C(C)=O)s5)nccc4[nH]2)nn3C)c1. The fraction of sp³-hybridized carbons (Fsp3) is 0.148. The lowest BCUT2D eigenvalue weighted by Gasteiger charge is -2.06. The van der Waals surface area contributed by atoms with E-state index in [2.05, 4.69) is 25.3 Å². The van der Waals surface area contributed by atoms with Gasteiger partial charge in [0.05, 0.1) is 32.5 Å². The number of H-pyrrole nitrogens is 1. The van der Waals surface area contributed by atoms with E-state index >= 15 is 0 Å². The number of anilines is 1. The highest BCUT2D eigenvalue weighted by molar-refractivity contribution is 7.17. The summed E-state index contributed by atoms with van der Waals surface area (Å²) in [5.74, 6) is 0.531. The maximum Gasteiger partial charge on any atom is 0.224 e. The van der Waals surface area contributed by atoms with Gasteiger partial charge in [-0.25, -0.2) is 14.6 Å². The minimum absolute atomic E-state index is 0.0212. The average molecular weight is 523 g/mol. The Morgan fingerprint density at radius 2 is 1.89 bits per heavy atom. The van der Waals surface area contributed by atoms with Crippen molar-refractivity contribution in [3.8, 4) is 33.2 Å². The number of carbonyl (C=O) groups is 2. The first-order valence-electron chi connectivity index (χ1n) is 12.0. The first-order valence-corrected chi connectivity index (χ1v) is 12.8. The van der Waals surface area contributed by atoms with Crippen molar-refractivity contribution in [2.24, 2.45) is 7.05 Å². The van der Waals surface area contributed by atoms with Gasteiger partial charge in [-0.15, -0.1) is 11.3 Å². The highest BCUT2D eigenvalue weighted by atomic mass is 32.1. The summed E-state index contributed by atoms with van der Waals surface area (Å²) < 4.78 is 1.72. The first kappa shape index (κ1) is 23.6. The Morgan fingerprint density at radius 3 is 2.68 bits per heavy atom. The van der Waals surface area contributed by atoms with E-state index in [4.69, 9.17) is 10.1 Å².